The van der Waals surface area contributed by atoms with Gasteiger partial charge in [0.2, 0.25) is 0 Å². The third-order valence-electron chi connectivity index (χ3n) is 1.58. The van der Waals surface area contributed by atoms with Crippen molar-refractivity contribution in [3.63, 3.8) is 0 Å². The Morgan fingerprint density at radius 2 is 2.18 bits per heavy atom. The molecule has 0 heterocycles. The summed E-state index contributed by atoms with van der Waals surface area (Å²) in [6.07, 6.45) is 7.24. The van der Waals surface area contributed by atoms with Crippen molar-refractivity contribution in [2.75, 3.05) is 6.26 Å². The minimum atomic E-state index is 1.21. The number of hydrogen-bond acceptors (Lipinski definition) is 1. The third-order valence-corrected chi connectivity index (χ3v) is 1.93. The number of rotatable bonds is 5. The highest BCUT2D eigenvalue weighted by molar-refractivity contribution is 8.01. The summed E-state index contributed by atoms with van der Waals surface area (Å²) < 4.78 is 0. The van der Waals surface area contributed by atoms with E-state index in [0.717, 1.165) is 0 Å². The van der Waals surface area contributed by atoms with Crippen molar-refractivity contribution in [3.05, 3.63) is 16.7 Å². The first kappa shape index (κ1) is 10.9. The van der Waals surface area contributed by atoms with Gasteiger partial charge >= 0.3 is 0 Å². The first-order valence-electron chi connectivity index (χ1n) is 4.24. The Morgan fingerprint density at radius 1 is 1.45 bits per heavy atom. The summed E-state index contributed by atoms with van der Waals surface area (Å²) in [5.74, 6) is 0. The van der Waals surface area contributed by atoms with Gasteiger partial charge < -0.3 is 0 Å². The molecule has 0 amide bonds. The number of unbranched alkanes of at least 4 members (excludes halogenated alkanes) is 2. The smallest absolute Gasteiger partial charge is 0.0125 e. The molecule has 0 aliphatic rings. The lowest BCUT2D eigenvalue weighted by Crippen LogP contribution is -1.75. The normalized spacial score (nSPS) is 9.00. The van der Waals surface area contributed by atoms with E-state index in [4.69, 9.17) is 0 Å². The fourth-order valence-electron chi connectivity index (χ4n) is 0.872. The summed E-state index contributed by atoms with van der Waals surface area (Å²) in [5, 5.41) is 2.03. The van der Waals surface area contributed by atoms with Crippen LogP contribution < -0.4 is 0 Å². The molecule has 0 saturated carbocycles. The molecule has 0 aromatic heterocycles. The Hall–Kier alpha value is -0.130. The second-order valence-corrected chi connectivity index (χ2v) is 3.44. The fraction of sp³-hybridized carbons (Fsp3) is 0.700. The van der Waals surface area contributed by atoms with Crippen molar-refractivity contribution in [2.24, 2.45) is 0 Å². The molecule has 11 heavy (non-hydrogen) atoms. The molecule has 0 rings (SSSR count). The van der Waals surface area contributed by atoms with Gasteiger partial charge in [-0.1, -0.05) is 19.8 Å². The molecule has 0 unspecified atom stereocenters. The highest BCUT2D eigenvalue weighted by Crippen LogP contribution is 2.07. The maximum Gasteiger partial charge on any atom is 0.0125 e. The van der Waals surface area contributed by atoms with Crippen molar-refractivity contribution in [2.45, 2.75) is 39.5 Å². The molecular weight excluding hydrogens is 152 g/mol. The number of allylic oxidation sites excluding steroid dienone is 1. The Morgan fingerprint density at radius 3 is 2.73 bits per heavy atom. The van der Waals surface area contributed by atoms with Gasteiger partial charge in [-0.05, 0) is 31.6 Å². The lowest BCUT2D eigenvalue weighted by molar-refractivity contribution is 0.714. The largest absolute Gasteiger partial charge is 0.129 e. The molecule has 0 nitrogen and oxygen atoms in total. The third kappa shape index (κ3) is 7.77. The molecule has 0 aliphatic heterocycles. The predicted octanol–water partition coefficient (Wildman–Crippen LogP) is 3.99. The molecule has 0 atom stereocenters. The van der Waals surface area contributed by atoms with Crippen molar-refractivity contribution >= 4 is 11.8 Å². The topological polar surface area (TPSA) is 0 Å². The summed E-state index contributed by atoms with van der Waals surface area (Å²) in [4.78, 5) is 0. The molecule has 0 aromatic carbocycles. The van der Waals surface area contributed by atoms with Crippen LogP contribution in [0.3, 0.4) is 0 Å². The molecule has 0 bridgehead atoms. The van der Waals surface area contributed by atoms with Crippen LogP contribution in [0.5, 0.6) is 0 Å². The van der Waals surface area contributed by atoms with Crippen LogP contribution in [-0.2, 0) is 0 Å². The van der Waals surface area contributed by atoms with Crippen molar-refractivity contribution in [3.8, 4) is 0 Å². The summed E-state index contributed by atoms with van der Waals surface area (Å²) in [6.45, 7) is 4.39. The average molecular weight is 170 g/mol. The Balaban J connectivity index is 3.51. The van der Waals surface area contributed by atoms with Gasteiger partial charge in [-0.25, -0.2) is 0 Å². The molecule has 0 aliphatic carbocycles. The van der Waals surface area contributed by atoms with Crippen molar-refractivity contribution in [1.29, 1.82) is 0 Å². The Labute approximate surface area is 74.8 Å². The van der Waals surface area contributed by atoms with Gasteiger partial charge in [0.1, 0.15) is 0 Å². The quantitative estimate of drug-likeness (QED) is 0.444. The minimum Gasteiger partial charge on any atom is -0.129 e. The standard InChI is InChI=1S/C10H18S/c1-4-5-6-7-10(2)8-9-11-3/h9H,4-7H2,1-3H3. The van der Waals surface area contributed by atoms with Gasteiger partial charge in [0.25, 0.3) is 0 Å². The van der Waals surface area contributed by atoms with Gasteiger partial charge in [-0.15, -0.1) is 17.5 Å². The van der Waals surface area contributed by atoms with Crippen LogP contribution in [0, 0.1) is 0 Å². The SMILES string of the molecule is CCCCCC(C)=C=CSC. The molecule has 0 saturated heterocycles. The van der Waals surface area contributed by atoms with Gasteiger partial charge in [-0.3, -0.25) is 0 Å². The second-order valence-electron chi connectivity index (χ2n) is 2.74. The Bertz CT molecular complexity index is 141. The van der Waals surface area contributed by atoms with Crippen molar-refractivity contribution in [1.82, 2.24) is 0 Å². The first-order valence-corrected chi connectivity index (χ1v) is 5.53. The van der Waals surface area contributed by atoms with Crippen LogP contribution in [0.15, 0.2) is 16.7 Å². The maximum atomic E-state index is 3.25. The fourth-order valence-corrected chi connectivity index (χ4v) is 1.19. The molecule has 0 radical (unpaired) electrons. The summed E-state index contributed by atoms with van der Waals surface area (Å²) >= 11 is 1.71. The molecule has 0 aromatic rings. The predicted molar refractivity (Wildman–Crippen MR) is 54.9 cm³/mol. The Kier molecular flexibility index (Phi) is 7.88. The molecular formula is C10H18S. The molecule has 0 fully saturated rings. The summed E-state index contributed by atoms with van der Waals surface area (Å²) in [6, 6.07) is 0. The van der Waals surface area contributed by atoms with E-state index in [1.54, 1.807) is 11.8 Å². The minimum absolute atomic E-state index is 1.21. The molecule has 0 N–H and O–H groups in total. The second kappa shape index (κ2) is 7.97. The van der Waals surface area contributed by atoms with Crippen LogP contribution in [0.1, 0.15) is 39.5 Å². The van der Waals surface area contributed by atoms with E-state index in [9.17, 15) is 0 Å². The molecule has 0 spiro atoms. The number of hydrogen-bond donors (Lipinski definition) is 0. The van der Waals surface area contributed by atoms with E-state index < -0.39 is 0 Å². The highest BCUT2D eigenvalue weighted by Gasteiger charge is 1.87. The van der Waals surface area contributed by atoms with Crippen molar-refractivity contribution < 1.29 is 0 Å². The van der Waals surface area contributed by atoms with Crippen LogP contribution >= 0.6 is 11.8 Å². The average Bonchev–Trinajstić information content (AvgIpc) is 2.01. The van der Waals surface area contributed by atoms with Gasteiger partial charge in [0, 0.05) is 5.41 Å². The van der Waals surface area contributed by atoms with Gasteiger partial charge in [0.15, 0.2) is 0 Å². The van der Waals surface area contributed by atoms with E-state index in [1.165, 1.54) is 31.3 Å². The first-order chi connectivity index (χ1) is 5.31. The van der Waals surface area contributed by atoms with Crippen LogP contribution in [0.2, 0.25) is 0 Å². The van der Waals surface area contributed by atoms with E-state index in [0.29, 0.717) is 0 Å². The highest BCUT2D eigenvalue weighted by atomic mass is 32.2. The van der Waals surface area contributed by atoms with Crippen LogP contribution in [0.25, 0.3) is 0 Å². The summed E-state index contributed by atoms with van der Waals surface area (Å²) in [5.41, 5.74) is 4.63. The lowest BCUT2D eigenvalue weighted by atomic mass is 10.1. The monoisotopic (exact) mass is 170 g/mol. The zero-order chi connectivity index (χ0) is 8.53. The zero-order valence-electron chi connectivity index (χ0n) is 7.81. The number of thioether (sulfide) groups is 1. The molecule has 1 heteroatoms. The van der Waals surface area contributed by atoms with E-state index in [2.05, 4.69) is 25.8 Å². The van der Waals surface area contributed by atoms with E-state index >= 15 is 0 Å². The zero-order valence-corrected chi connectivity index (χ0v) is 8.63. The summed E-state index contributed by atoms with van der Waals surface area (Å²) in [7, 11) is 0. The maximum absolute atomic E-state index is 3.25. The van der Waals surface area contributed by atoms with E-state index in [1.807, 2.05) is 5.41 Å². The van der Waals surface area contributed by atoms with Crippen LogP contribution in [0.4, 0.5) is 0 Å². The van der Waals surface area contributed by atoms with Gasteiger partial charge in [-0.2, -0.15) is 0 Å². The van der Waals surface area contributed by atoms with E-state index in [-0.39, 0.29) is 0 Å². The van der Waals surface area contributed by atoms with Crippen LogP contribution in [-0.4, -0.2) is 6.26 Å². The van der Waals surface area contributed by atoms with Gasteiger partial charge in [0.05, 0.1) is 0 Å². The molecule has 64 valence electrons. The lowest BCUT2D eigenvalue weighted by Gasteiger charge is -1.95.